The van der Waals surface area contributed by atoms with Crippen LogP contribution in [0.4, 0.5) is 5.69 Å². The molecule has 0 spiro atoms. The summed E-state index contributed by atoms with van der Waals surface area (Å²) in [6, 6.07) is 15.9. The van der Waals surface area contributed by atoms with Gasteiger partial charge < -0.3 is 18.6 Å². The van der Waals surface area contributed by atoms with E-state index < -0.39 is 23.2 Å². The third kappa shape index (κ3) is 4.01. The van der Waals surface area contributed by atoms with Gasteiger partial charge in [0.15, 0.2) is 0 Å². The highest BCUT2D eigenvalue weighted by Crippen LogP contribution is 2.35. The first kappa shape index (κ1) is 19.9. The Bertz CT molecular complexity index is 1180. The average molecular weight is 421 g/mol. The lowest BCUT2D eigenvalue weighted by atomic mass is 10.1. The fraction of sp³-hybridized carbons (Fsp3) is 0.0909. The van der Waals surface area contributed by atoms with Crippen molar-refractivity contribution in [3.63, 3.8) is 0 Å². The van der Waals surface area contributed by atoms with E-state index in [1.54, 1.807) is 36.4 Å². The molecule has 1 aliphatic rings. The molecule has 0 amide bonds. The molecule has 0 saturated carbocycles. The summed E-state index contributed by atoms with van der Waals surface area (Å²) in [5.41, 5.74) is 0.177. The van der Waals surface area contributed by atoms with E-state index in [9.17, 15) is 19.7 Å². The van der Waals surface area contributed by atoms with Crippen LogP contribution in [0.15, 0.2) is 70.7 Å². The molecule has 9 nitrogen and oxygen atoms in total. The van der Waals surface area contributed by atoms with Crippen LogP contribution in [0.1, 0.15) is 17.6 Å². The molecule has 1 saturated heterocycles. The highest BCUT2D eigenvalue weighted by atomic mass is 16.7. The van der Waals surface area contributed by atoms with E-state index in [4.69, 9.17) is 18.6 Å². The second kappa shape index (κ2) is 8.15. The molecular weight excluding hydrogens is 406 g/mol. The van der Waals surface area contributed by atoms with Crippen LogP contribution >= 0.6 is 0 Å². The molecule has 1 fully saturated rings. The molecule has 0 N–H and O–H groups in total. The highest BCUT2D eigenvalue weighted by molar-refractivity contribution is 6.18. The monoisotopic (exact) mass is 421 g/mol. The summed E-state index contributed by atoms with van der Waals surface area (Å²) in [5, 5.41) is 11.4. The average Bonchev–Trinajstić information content (AvgIpc) is 3.24. The number of hydrogen-bond acceptors (Lipinski definition) is 8. The van der Waals surface area contributed by atoms with E-state index in [0.717, 1.165) is 0 Å². The molecule has 1 aliphatic heterocycles. The maximum Gasteiger partial charge on any atom is 0.349 e. The first-order valence-electron chi connectivity index (χ1n) is 9.07. The summed E-state index contributed by atoms with van der Waals surface area (Å²) in [4.78, 5) is 35.5. The first-order chi connectivity index (χ1) is 15.0. The number of rotatable bonds is 5. The predicted octanol–water partition coefficient (Wildman–Crippen LogP) is 4.05. The number of nitro groups is 1. The van der Waals surface area contributed by atoms with Gasteiger partial charge in [-0.15, -0.1) is 0 Å². The summed E-state index contributed by atoms with van der Waals surface area (Å²) in [6.07, 6.45) is 0.0394. The predicted molar refractivity (Wildman–Crippen MR) is 107 cm³/mol. The van der Waals surface area contributed by atoms with Gasteiger partial charge in [0.05, 0.1) is 23.7 Å². The minimum atomic E-state index is -1.13. The van der Waals surface area contributed by atoms with E-state index in [0.29, 0.717) is 11.3 Å². The molecule has 3 aromatic rings. The molecular formula is C22H15NO8. The van der Waals surface area contributed by atoms with Gasteiger partial charge in [0.25, 0.3) is 12.0 Å². The van der Waals surface area contributed by atoms with Crippen LogP contribution < -0.4 is 4.74 Å². The second-order valence-corrected chi connectivity index (χ2v) is 6.45. The molecule has 0 bridgehead atoms. The van der Waals surface area contributed by atoms with Gasteiger partial charge in [-0.3, -0.25) is 10.1 Å². The Kier molecular flexibility index (Phi) is 5.23. The number of nitro benzene ring substituents is 1. The molecule has 2 heterocycles. The van der Waals surface area contributed by atoms with Crippen LogP contribution in [0.3, 0.4) is 0 Å². The van der Waals surface area contributed by atoms with E-state index in [2.05, 4.69) is 0 Å². The smallest absolute Gasteiger partial charge is 0.349 e. The maximum atomic E-state index is 12.3. The number of methoxy groups -OCH3 is 1. The van der Waals surface area contributed by atoms with Crippen LogP contribution in [0, 0.1) is 10.1 Å². The van der Waals surface area contributed by atoms with Crippen LogP contribution in [0.5, 0.6) is 5.75 Å². The fourth-order valence-electron chi connectivity index (χ4n) is 3.01. The largest absolute Gasteiger partial charge is 0.497 e. The molecule has 0 unspecified atom stereocenters. The zero-order chi connectivity index (χ0) is 22.0. The quantitative estimate of drug-likeness (QED) is 0.199. The van der Waals surface area contributed by atoms with Gasteiger partial charge in [0.2, 0.25) is 0 Å². The van der Waals surface area contributed by atoms with Crippen molar-refractivity contribution >= 4 is 23.7 Å². The van der Waals surface area contributed by atoms with Crippen molar-refractivity contribution < 1.29 is 33.1 Å². The first-order valence-corrected chi connectivity index (χ1v) is 9.07. The number of ether oxygens (including phenoxy) is 3. The summed E-state index contributed by atoms with van der Waals surface area (Å²) in [6.45, 7) is 0. The topological polar surface area (TPSA) is 118 Å². The maximum absolute atomic E-state index is 12.3. The SMILES string of the molecule is COc1ccc(-c2ccc(C=C3C(=O)OC(c4ccccc4)OC3=O)o2)c([N+](=O)[O-])c1. The number of carbonyl (C=O) groups is 2. The van der Waals surface area contributed by atoms with Crippen molar-refractivity contribution in [2.24, 2.45) is 0 Å². The minimum absolute atomic E-state index is 0.127. The lowest BCUT2D eigenvalue weighted by Crippen LogP contribution is -2.29. The molecule has 156 valence electrons. The van der Waals surface area contributed by atoms with Gasteiger partial charge in [0, 0.05) is 11.6 Å². The molecule has 9 heteroatoms. The summed E-state index contributed by atoms with van der Waals surface area (Å²) >= 11 is 0. The second-order valence-electron chi connectivity index (χ2n) is 6.45. The molecule has 0 atom stereocenters. The number of carbonyl (C=O) groups excluding carboxylic acids is 2. The highest BCUT2D eigenvalue weighted by Gasteiger charge is 2.34. The van der Waals surface area contributed by atoms with Gasteiger partial charge in [-0.25, -0.2) is 9.59 Å². The number of esters is 2. The molecule has 4 rings (SSSR count). The lowest BCUT2D eigenvalue weighted by molar-refractivity contribution is -0.384. The van der Waals surface area contributed by atoms with Crippen LogP contribution in [-0.4, -0.2) is 24.0 Å². The zero-order valence-corrected chi connectivity index (χ0v) is 16.1. The van der Waals surface area contributed by atoms with Gasteiger partial charge in [0.1, 0.15) is 22.8 Å². The number of furan rings is 1. The van der Waals surface area contributed by atoms with E-state index in [1.807, 2.05) is 0 Å². The standard InChI is InChI=1S/C22H15NO8/c1-28-14-7-9-16(18(12-14)23(26)27)19-10-8-15(29-19)11-17-20(24)30-22(31-21(17)25)13-5-3-2-4-6-13/h2-12,22H,1H3. The van der Waals surface area contributed by atoms with Crippen molar-refractivity contribution in [3.8, 4) is 17.1 Å². The van der Waals surface area contributed by atoms with Crippen molar-refractivity contribution in [1.82, 2.24) is 0 Å². The van der Waals surface area contributed by atoms with E-state index in [-0.39, 0.29) is 28.3 Å². The summed E-state index contributed by atoms with van der Waals surface area (Å²) < 4.78 is 21.0. The number of nitrogens with zero attached hydrogens (tertiary/aromatic N) is 1. The van der Waals surface area contributed by atoms with Gasteiger partial charge in [-0.2, -0.15) is 0 Å². The Labute approximate surface area is 175 Å². The van der Waals surface area contributed by atoms with Crippen molar-refractivity contribution in [1.29, 1.82) is 0 Å². The van der Waals surface area contributed by atoms with Gasteiger partial charge >= 0.3 is 11.9 Å². The summed E-state index contributed by atoms with van der Waals surface area (Å²) in [7, 11) is 1.40. The van der Waals surface area contributed by atoms with Crippen LogP contribution in [-0.2, 0) is 19.1 Å². The van der Waals surface area contributed by atoms with Crippen LogP contribution in [0.25, 0.3) is 17.4 Å². The molecule has 1 aromatic heterocycles. The Morgan fingerprint density at radius 2 is 1.71 bits per heavy atom. The Balaban J connectivity index is 1.60. The Morgan fingerprint density at radius 1 is 1.00 bits per heavy atom. The van der Waals surface area contributed by atoms with E-state index >= 15 is 0 Å². The molecule has 0 aliphatic carbocycles. The summed E-state index contributed by atoms with van der Waals surface area (Å²) in [5.74, 6) is -1.09. The third-order valence-corrected chi connectivity index (χ3v) is 4.52. The van der Waals surface area contributed by atoms with Gasteiger partial charge in [-0.05, 0) is 24.3 Å². The van der Waals surface area contributed by atoms with E-state index in [1.165, 1.54) is 37.5 Å². The molecule has 0 radical (unpaired) electrons. The number of benzene rings is 2. The lowest BCUT2D eigenvalue weighted by Gasteiger charge is -2.23. The zero-order valence-electron chi connectivity index (χ0n) is 16.1. The molecule has 31 heavy (non-hydrogen) atoms. The van der Waals surface area contributed by atoms with Crippen molar-refractivity contribution in [3.05, 3.63) is 87.7 Å². The van der Waals surface area contributed by atoms with Crippen LogP contribution in [0.2, 0.25) is 0 Å². The normalized spacial score (nSPS) is 15.8. The number of cyclic esters (lactones) is 2. The van der Waals surface area contributed by atoms with Crippen molar-refractivity contribution in [2.45, 2.75) is 6.29 Å². The third-order valence-electron chi connectivity index (χ3n) is 4.52. The minimum Gasteiger partial charge on any atom is -0.497 e. The van der Waals surface area contributed by atoms with Gasteiger partial charge in [-0.1, -0.05) is 30.3 Å². The Morgan fingerprint density at radius 3 is 2.35 bits per heavy atom. The van der Waals surface area contributed by atoms with Crippen molar-refractivity contribution in [2.75, 3.05) is 7.11 Å². The molecule has 2 aromatic carbocycles. The Hall–Kier alpha value is -4.40. The fourth-order valence-corrected chi connectivity index (χ4v) is 3.01. The number of hydrogen-bond donors (Lipinski definition) is 0.